The highest BCUT2D eigenvalue weighted by atomic mass is 35.5. The molecule has 0 fully saturated rings. The second-order valence-corrected chi connectivity index (χ2v) is 6.32. The molecular formula is C15H14ClN5O2S. The first-order valence-corrected chi connectivity index (χ1v) is 8.37. The maximum absolute atomic E-state index is 12.2. The van der Waals surface area contributed by atoms with Gasteiger partial charge in [0.1, 0.15) is 17.1 Å². The van der Waals surface area contributed by atoms with Gasteiger partial charge in [-0.05, 0) is 31.2 Å². The maximum atomic E-state index is 12.2. The number of aromatic nitrogens is 4. The summed E-state index contributed by atoms with van der Waals surface area (Å²) in [6, 6.07) is 6.91. The predicted octanol–water partition coefficient (Wildman–Crippen LogP) is 2.83. The first-order valence-electron chi connectivity index (χ1n) is 7.00. The minimum Gasteiger partial charge on any atom is -0.495 e. The molecular weight excluding hydrogens is 350 g/mol. The van der Waals surface area contributed by atoms with Crippen molar-refractivity contribution in [3.05, 3.63) is 41.3 Å². The van der Waals surface area contributed by atoms with Gasteiger partial charge in [-0.3, -0.25) is 4.79 Å². The summed E-state index contributed by atoms with van der Waals surface area (Å²) < 4.78 is 6.82. The van der Waals surface area contributed by atoms with E-state index in [-0.39, 0.29) is 11.7 Å². The van der Waals surface area contributed by atoms with E-state index in [1.807, 2.05) is 13.0 Å². The van der Waals surface area contributed by atoms with Crippen LogP contribution in [0.1, 0.15) is 5.69 Å². The Morgan fingerprint density at radius 3 is 3.04 bits per heavy atom. The van der Waals surface area contributed by atoms with E-state index < -0.39 is 0 Å². The van der Waals surface area contributed by atoms with Crippen LogP contribution in [0.25, 0.3) is 5.78 Å². The molecule has 1 amide bonds. The lowest BCUT2D eigenvalue weighted by atomic mass is 10.3. The largest absolute Gasteiger partial charge is 0.495 e. The van der Waals surface area contributed by atoms with E-state index in [9.17, 15) is 4.79 Å². The Bertz CT molecular complexity index is 899. The Morgan fingerprint density at radius 1 is 1.42 bits per heavy atom. The third-order valence-corrected chi connectivity index (χ3v) is 4.36. The number of rotatable bonds is 5. The first-order chi connectivity index (χ1) is 11.6. The summed E-state index contributed by atoms with van der Waals surface area (Å²) in [7, 11) is 1.54. The topological polar surface area (TPSA) is 81.4 Å². The molecule has 0 aliphatic carbocycles. The highest BCUT2D eigenvalue weighted by molar-refractivity contribution is 7.99. The molecule has 0 unspecified atom stereocenters. The van der Waals surface area contributed by atoms with Gasteiger partial charge in [-0.25, -0.2) is 4.98 Å². The number of benzene rings is 1. The number of halogens is 1. The fraction of sp³-hybridized carbons (Fsp3) is 0.200. The number of amides is 1. The standard InChI is InChI=1S/C15H14ClN5O2S/c1-9-5-14(21-15(19-9)17-8-18-21)24-7-13(22)20-11-6-10(16)3-4-12(11)23-2/h3-6,8H,7H2,1-2H3,(H,20,22). The van der Waals surface area contributed by atoms with Crippen LogP contribution in [0.4, 0.5) is 5.69 Å². The van der Waals surface area contributed by atoms with Crippen LogP contribution >= 0.6 is 23.4 Å². The molecule has 124 valence electrons. The van der Waals surface area contributed by atoms with E-state index in [2.05, 4.69) is 20.4 Å². The average molecular weight is 364 g/mol. The number of nitrogens with one attached hydrogen (secondary N) is 1. The molecule has 0 bridgehead atoms. The number of hydrogen-bond donors (Lipinski definition) is 1. The molecule has 1 N–H and O–H groups in total. The zero-order chi connectivity index (χ0) is 17.1. The van der Waals surface area contributed by atoms with E-state index >= 15 is 0 Å². The van der Waals surface area contributed by atoms with Crippen LogP contribution < -0.4 is 10.1 Å². The molecule has 3 aromatic rings. The van der Waals surface area contributed by atoms with Crippen LogP contribution in [-0.2, 0) is 4.79 Å². The van der Waals surface area contributed by atoms with Gasteiger partial charge in [-0.1, -0.05) is 23.4 Å². The predicted molar refractivity (Wildman–Crippen MR) is 92.9 cm³/mol. The van der Waals surface area contributed by atoms with Crippen LogP contribution in [0.3, 0.4) is 0 Å². The molecule has 0 saturated heterocycles. The van der Waals surface area contributed by atoms with E-state index in [0.717, 1.165) is 10.7 Å². The molecule has 2 aromatic heterocycles. The smallest absolute Gasteiger partial charge is 0.253 e. The maximum Gasteiger partial charge on any atom is 0.253 e. The number of carbonyl (C=O) groups excluding carboxylic acids is 1. The van der Waals surface area contributed by atoms with Gasteiger partial charge in [0.2, 0.25) is 5.91 Å². The Balaban J connectivity index is 1.71. The van der Waals surface area contributed by atoms with Crippen LogP contribution in [0.5, 0.6) is 5.75 Å². The van der Waals surface area contributed by atoms with Gasteiger partial charge in [-0.15, -0.1) is 0 Å². The quantitative estimate of drug-likeness (QED) is 0.554. The number of fused-ring (bicyclic) bond motifs is 1. The fourth-order valence-electron chi connectivity index (χ4n) is 2.10. The zero-order valence-corrected chi connectivity index (χ0v) is 14.6. The summed E-state index contributed by atoms with van der Waals surface area (Å²) >= 11 is 7.31. The molecule has 2 heterocycles. The third-order valence-electron chi connectivity index (χ3n) is 3.13. The van der Waals surface area contributed by atoms with Crippen molar-refractivity contribution in [3.8, 4) is 5.75 Å². The SMILES string of the molecule is COc1ccc(Cl)cc1NC(=O)CSc1cc(C)nc2ncnn12. The second-order valence-electron chi connectivity index (χ2n) is 4.89. The lowest BCUT2D eigenvalue weighted by Crippen LogP contribution is -2.15. The molecule has 0 saturated carbocycles. The molecule has 9 heteroatoms. The van der Waals surface area contributed by atoms with Crippen LogP contribution in [0, 0.1) is 6.92 Å². The first kappa shape index (κ1) is 16.5. The van der Waals surface area contributed by atoms with Crippen molar-refractivity contribution in [3.63, 3.8) is 0 Å². The van der Waals surface area contributed by atoms with Gasteiger partial charge in [0.15, 0.2) is 0 Å². The number of thioether (sulfide) groups is 1. The minimum atomic E-state index is -0.178. The van der Waals surface area contributed by atoms with Gasteiger partial charge >= 0.3 is 0 Å². The number of ether oxygens (including phenoxy) is 1. The number of nitrogens with zero attached hydrogens (tertiary/aromatic N) is 4. The number of anilines is 1. The molecule has 0 aliphatic heterocycles. The van der Waals surface area contributed by atoms with Crippen molar-refractivity contribution in [1.82, 2.24) is 19.6 Å². The number of hydrogen-bond acceptors (Lipinski definition) is 6. The van der Waals surface area contributed by atoms with Crippen molar-refractivity contribution in [2.75, 3.05) is 18.2 Å². The van der Waals surface area contributed by atoms with Gasteiger partial charge in [0.05, 0.1) is 18.6 Å². The van der Waals surface area contributed by atoms with E-state index in [4.69, 9.17) is 16.3 Å². The fourth-order valence-corrected chi connectivity index (χ4v) is 3.13. The molecule has 3 rings (SSSR count). The molecule has 0 atom stereocenters. The van der Waals surface area contributed by atoms with Gasteiger partial charge < -0.3 is 10.1 Å². The highest BCUT2D eigenvalue weighted by Gasteiger charge is 2.11. The molecule has 7 nitrogen and oxygen atoms in total. The summed E-state index contributed by atoms with van der Waals surface area (Å²) in [4.78, 5) is 20.6. The molecule has 1 aromatic carbocycles. The summed E-state index contributed by atoms with van der Waals surface area (Å²) in [5.74, 6) is 1.09. The number of methoxy groups -OCH3 is 1. The average Bonchev–Trinajstić information content (AvgIpc) is 3.01. The second kappa shape index (κ2) is 7.06. The Labute approximate surface area is 147 Å². The van der Waals surface area contributed by atoms with Gasteiger partial charge in [-0.2, -0.15) is 14.6 Å². The molecule has 24 heavy (non-hydrogen) atoms. The minimum absolute atomic E-state index is 0.178. The van der Waals surface area contributed by atoms with E-state index in [0.29, 0.717) is 22.2 Å². The lowest BCUT2D eigenvalue weighted by molar-refractivity contribution is -0.113. The van der Waals surface area contributed by atoms with E-state index in [1.54, 1.807) is 22.7 Å². The third kappa shape index (κ3) is 3.60. The zero-order valence-electron chi connectivity index (χ0n) is 13.0. The summed E-state index contributed by atoms with van der Waals surface area (Å²) in [5, 5.41) is 8.23. The summed E-state index contributed by atoms with van der Waals surface area (Å²) in [6.07, 6.45) is 1.43. The monoisotopic (exact) mass is 363 g/mol. The van der Waals surface area contributed by atoms with Crippen molar-refractivity contribution in [2.24, 2.45) is 0 Å². The van der Waals surface area contributed by atoms with E-state index in [1.165, 1.54) is 25.2 Å². The molecule has 0 radical (unpaired) electrons. The molecule has 0 aliphatic rings. The van der Waals surface area contributed by atoms with Crippen LogP contribution in [0.2, 0.25) is 5.02 Å². The van der Waals surface area contributed by atoms with Crippen LogP contribution in [-0.4, -0.2) is 38.4 Å². The van der Waals surface area contributed by atoms with Crippen molar-refractivity contribution >= 4 is 40.7 Å². The highest BCUT2D eigenvalue weighted by Crippen LogP contribution is 2.28. The summed E-state index contributed by atoms with van der Waals surface area (Å²) in [5.41, 5.74) is 1.35. The van der Waals surface area contributed by atoms with Crippen LogP contribution in [0.15, 0.2) is 35.6 Å². The van der Waals surface area contributed by atoms with Crippen molar-refractivity contribution in [1.29, 1.82) is 0 Å². The van der Waals surface area contributed by atoms with Gasteiger partial charge in [0.25, 0.3) is 5.78 Å². The Hall–Kier alpha value is -2.32. The van der Waals surface area contributed by atoms with Crippen molar-refractivity contribution < 1.29 is 9.53 Å². The van der Waals surface area contributed by atoms with Crippen molar-refractivity contribution in [2.45, 2.75) is 11.9 Å². The lowest BCUT2D eigenvalue weighted by Gasteiger charge is -2.10. The summed E-state index contributed by atoms with van der Waals surface area (Å²) in [6.45, 7) is 1.87. The Morgan fingerprint density at radius 2 is 2.25 bits per heavy atom. The Kier molecular flexibility index (Phi) is 4.86. The number of carbonyl (C=O) groups is 1. The number of aryl methyl sites for hydroxylation is 1. The van der Waals surface area contributed by atoms with Gasteiger partial charge in [0, 0.05) is 10.7 Å². The normalized spacial score (nSPS) is 10.8. The molecule has 0 spiro atoms.